The summed E-state index contributed by atoms with van der Waals surface area (Å²) in [5.74, 6) is 0.858. The van der Waals surface area contributed by atoms with Gasteiger partial charge in [0.25, 0.3) is 5.91 Å². The number of ether oxygens (including phenoxy) is 1. The number of nitrogens with two attached hydrogens (primary N) is 1. The first-order valence-corrected chi connectivity index (χ1v) is 6.37. The quantitative estimate of drug-likeness (QED) is 0.856. The number of benzene rings is 1. The highest BCUT2D eigenvalue weighted by atomic mass is 35.5. The minimum atomic E-state index is -0.181. The van der Waals surface area contributed by atoms with Gasteiger partial charge in [-0.25, -0.2) is 0 Å². The predicted octanol–water partition coefficient (Wildman–Crippen LogP) is 1.82. The van der Waals surface area contributed by atoms with E-state index in [-0.39, 0.29) is 11.9 Å². The van der Waals surface area contributed by atoms with Crippen LogP contribution in [0.4, 0.5) is 0 Å². The van der Waals surface area contributed by atoms with E-state index in [2.05, 4.69) is 5.32 Å². The van der Waals surface area contributed by atoms with Crippen LogP contribution in [-0.4, -0.2) is 25.6 Å². The van der Waals surface area contributed by atoms with Gasteiger partial charge in [0.2, 0.25) is 0 Å². The fourth-order valence-electron chi connectivity index (χ4n) is 1.85. The molecule has 18 heavy (non-hydrogen) atoms. The molecular weight excluding hydrogens is 252 g/mol. The van der Waals surface area contributed by atoms with E-state index in [1.54, 1.807) is 18.2 Å². The van der Waals surface area contributed by atoms with Crippen LogP contribution < -0.4 is 15.8 Å². The van der Waals surface area contributed by atoms with Crippen LogP contribution in [0.1, 0.15) is 23.2 Å². The third-order valence-corrected chi connectivity index (χ3v) is 3.37. The van der Waals surface area contributed by atoms with Crippen molar-refractivity contribution in [1.29, 1.82) is 0 Å². The molecule has 1 aromatic rings. The molecular formula is C13H17ClN2O2. The molecule has 1 aliphatic carbocycles. The van der Waals surface area contributed by atoms with Crippen LogP contribution in [0.25, 0.3) is 0 Å². The van der Waals surface area contributed by atoms with Gasteiger partial charge in [-0.1, -0.05) is 11.6 Å². The minimum Gasteiger partial charge on any atom is -0.496 e. The molecule has 1 amide bonds. The van der Waals surface area contributed by atoms with Crippen LogP contribution in [0.15, 0.2) is 18.2 Å². The van der Waals surface area contributed by atoms with Gasteiger partial charge in [0.1, 0.15) is 5.75 Å². The lowest BCUT2D eigenvalue weighted by Gasteiger charge is -2.13. The Labute approximate surface area is 111 Å². The fourth-order valence-corrected chi connectivity index (χ4v) is 2.01. The molecule has 0 saturated heterocycles. The van der Waals surface area contributed by atoms with Crippen molar-refractivity contribution in [3.63, 3.8) is 0 Å². The Morgan fingerprint density at radius 1 is 1.61 bits per heavy atom. The SMILES string of the molecule is COc1cc(Cl)ccc1C(=O)NCC(N)C1CC1. The summed E-state index contributed by atoms with van der Waals surface area (Å²) in [6.45, 7) is 0.495. The topological polar surface area (TPSA) is 64.3 Å². The molecule has 4 nitrogen and oxygen atoms in total. The Hall–Kier alpha value is -1.26. The average molecular weight is 269 g/mol. The van der Waals surface area contributed by atoms with Gasteiger partial charge >= 0.3 is 0 Å². The van der Waals surface area contributed by atoms with Gasteiger partial charge < -0.3 is 15.8 Å². The van der Waals surface area contributed by atoms with E-state index in [0.717, 1.165) is 0 Å². The fraction of sp³-hybridized carbons (Fsp3) is 0.462. The molecule has 0 radical (unpaired) electrons. The second kappa shape index (κ2) is 5.59. The normalized spacial score (nSPS) is 16.2. The Morgan fingerprint density at radius 3 is 2.94 bits per heavy atom. The lowest BCUT2D eigenvalue weighted by molar-refractivity contribution is 0.0947. The molecule has 0 aromatic heterocycles. The third kappa shape index (κ3) is 3.15. The lowest BCUT2D eigenvalue weighted by Crippen LogP contribution is -2.38. The Balaban J connectivity index is 1.99. The first kappa shape index (κ1) is 13.2. The van der Waals surface area contributed by atoms with Crippen LogP contribution in [0, 0.1) is 5.92 Å². The number of hydrogen-bond donors (Lipinski definition) is 2. The Morgan fingerprint density at radius 2 is 2.33 bits per heavy atom. The van der Waals surface area contributed by atoms with Gasteiger partial charge in [0.05, 0.1) is 12.7 Å². The van der Waals surface area contributed by atoms with E-state index in [4.69, 9.17) is 22.1 Å². The number of carbonyl (C=O) groups excluding carboxylic acids is 1. The van der Waals surface area contributed by atoms with Crippen LogP contribution in [0.3, 0.4) is 0 Å². The first-order valence-electron chi connectivity index (χ1n) is 5.99. The molecule has 0 bridgehead atoms. The van der Waals surface area contributed by atoms with Crippen molar-refractivity contribution in [2.24, 2.45) is 11.7 Å². The lowest BCUT2D eigenvalue weighted by atomic mass is 10.1. The zero-order chi connectivity index (χ0) is 13.1. The summed E-state index contributed by atoms with van der Waals surface area (Å²) in [6.07, 6.45) is 2.34. The molecule has 0 aliphatic heterocycles. The van der Waals surface area contributed by atoms with Crippen molar-refractivity contribution in [1.82, 2.24) is 5.32 Å². The highest BCUT2D eigenvalue weighted by Gasteiger charge is 2.28. The van der Waals surface area contributed by atoms with Crippen LogP contribution >= 0.6 is 11.6 Å². The van der Waals surface area contributed by atoms with Crippen molar-refractivity contribution >= 4 is 17.5 Å². The standard InChI is InChI=1S/C13H17ClN2O2/c1-18-12-6-9(14)4-5-10(12)13(17)16-7-11(15)8-2-3-8/h4-6,8,11H,2-3,7,15H2,1H3,(H,16,17). The van der Waals surface area contributed by atoms with Gasteiger partial charge in [-0.3, -0.25) is 4.79 Å². The van der Waals surface area contributed by atoms with Crippen molar-refractivity contribution in [2.75, 3.05) is 13.7 Å². The van der Waals surface area contributed by atoms with Crippen LogP contribution in [-0.2, 0) is 0 Å². The van der Waals surface area contributed by atoms with Crippen LogP contribution in [0.5, 0.6) is 5.75 Å². The maximum Gasteiger partial charge on any atom is 0.255 e. The molecule has 0 heterocycles. The molecule has 5 heteroatoms. The van der Waals surface area contributed by atoms with Gasteiger partial charge in [-0.05, 0) is 37.0 Å². The van der Waals surface area contributed by atoms with Gasteiger partial charge in [0, 0.05) is 17.6 Å². The second-order valence-corrected chi connectivity index (χ2v) is 4.99. The number of nitrogens with one attached hydrogen (secondary N) is 1. The summed E-state index contributed by atoms with van der Waals surface area (Å²) in [6, 6.07) is 4.99. The molecule has 1 saturated carbocycles. The number of halogens is 1. The largest absolute Gasteiger partial charge is 0.496 e. The van der Waals surface area contributed by atoms with E-state index in [9.17, 15) is 4.79 Å². The number of amides is 1. The number of rotatable bonds is 5. The molecule has 3 N–H and O–H groups in total. The molecule has 98 valence electrons. The van der Waals surface area contributed by atoms with E-state index in [1.807, 2.05) is 0 Å². The molecule has 1 aromatic carbocycles. The summed E-state index contributed by atoms with van der Waals surface area (Å²) >= 11 is 5.85. The van der Waals surface area contributed by atoms with E-state index >= 15 is 0 Å². The Kier molecular flexibility index (Phi) is 4.09. The summed E-state index contributed by atoms with van der Waals surface area (Å²) < 4.78 is 5.14. The minimum absolute atomic E-state index is 0.0484. The molecule has 2 rings (SSSR count). The Bertz CT molecular complexity index is 447. The summed E-state index contributed by atoms with van der Waals surface area (Å²) in [7, 11) is 1.51. The summed E-state index contributed by atoms with van der Waals surface area (Å²) in [5.41, 5.74) is 6.41. The maximum atomic E-state index is 12.0. The highest BCUT2D eigenvalue weighted by molar-refractivity contribution is 6.30. The second-order valence-electron chi connectivity index (χ2n) is 4.56. The summed E-state index contributed by atoms with van der Waals surface area (Å²) in [5, 5.41) is 3.37. The van der Waals surface area contributed by atoms with Crippen molar-refractivity contribution in [3.05, 3.63) is 28.8 Å². The van der Waals surface area contributed by atoms with E-state index in [0.29, 0.717) is 28.8 Å². The molecule has 1 unspecified atom stereocenters. The molecule has 1 fully saturated rings. The smallest absolute Gasteiger partial charge is 0.255 e. The number of hydrogen-bond acceptors (Lipinski definition) is 3. The molecule has 1 atom stereocenters. The van der Waals surface area contributed by atoms with Gasteiger partial charge in [-0.2, -0.15) is 0 Å². The average Bonchev–Trinajstić information content (AvgIpc) is 3.19. The summed E-state index contributed by atoms with van der Waals surface area (Å²) in [4.78, 5) is 12.0. The first-order chi connectivity index (χ1) is 8.61. The van der Waals surface area contributed by atoms with Crippen molar-refractivity contribution < 1.29 is 9.53 Å². The van der Waals surface area contributed by atoms with E-state index < -0.39 is 0 Å². The maximum absolute atomic E-state index is 12.0. The van der Waals surface area contributed by atoms with Crippen molar-refractivity contribution in [2.45, 2.75) is 18.9 Å². The predicted molar refractivity (Wildman–Crippen MR) is 71.0 cm³/mol. The molecule has 0 spiro atoms. The number of methoxy groups -OCH3 is 1. The van der Waals surface area contributed by atoms with Gasteiger partial charge in [-0.15, -0.1) is 0 Å². The zero-order valence-corrected chi connectivity index (χ0v) is 11.0. The zero-order valence-electron chi connectivity index (χ0n) is 10.3. The monoisotopic (exact) mass is 268 g/mol. The van der Waals surface area contributed by atoms with E-state index in [1.165, 1.54) is 20.0 Å². The highest BCUT2D eigenvalue weighted by Crippen LogP contribution is 2.31. The van der Waals surface area contributed by atoms with Crippen molar-refractivity contribution in [3.8, 4) is 5.75 Å². The molecule has 1 aliphatic rings. The number of carbonyl (C=O) groups is 1. The van der Waals surface area contributed by atoms with Gasteiger partial charge in [0.15, 0.2) is 0 Å². The third-order valence-electron chi connectivity index (χ3n) is 3.13. The van der Waals surface area contributed by atoms with Crippen LogP contribution in [0.2, 0.25) is 5.02 Å².